The van der Waals surface area contributed by atoms with Crippen molar-refractivity contribution in [1.82, 2.24) is 4.72 Å². The lowest BCUT2D eigenvalue weighted by atomic mass is 9.81. The molecule has 0 aliphatic heterocycles. The zero-order valence-corrected chi connectivity index (χ0v) is 16.7. The first kappa shape index (κ1) is 21.7. The zero-order chi connectivity index (χ0) is 21.4. The van der Waals surface area contributed by atoms with Crippen LogP contribution >= 0.6 is 11.6 Å². The number of phenolic OH excluding ortho intramolecular Hbond substituents is 2. The minimum atomic E-state index is -4.68. The highest BCUT2D eigenvalue weighted by molar-refractivity contribution is 7.89. The van der Waals surface area contributed by atoms with E-state index in [4.69, 9.17) is 11.6 Å². The minimum Gasteiger partial charge on any atom is -0.508 e. The fourth-order valence-corrected chi connectivity index (χ4v) is 5.40. The van der Waals surface area contributed by atoms with E-state index in [0.717, 1.165) is 12.1 Å². The molecule has 0 bridgehead atoms. The van der Waals surface area contributed by atoms with Crippen molar-refractivity contribution < 1.29 is 31.8 Å². The number of phenols is 2. The van der Waals surface area contributed by atoms with E-state index < -0.39 is 32.7 Å². The highest BCUT2D eigenvalue weighted by atomic mass is 35.5. The van der Waals surface area contributed by atoms with Gasteiger partial charge in [-0.2, -0.15) is 13.2 Å². The molecule has 0 amide bonds. The molecule has 0 radical (unpaired) electrons. The van der Waals surface area contributed by atoms with Crippen molar-refractivity contribution in [3.63, 3.8) is 0 Å². The second-order valence-electron chi connectivity index (χ2n) is 7.06. The number of alkyl halides is 3. The van der Waals surface area contributed by atoms with E-state index in [1.807, 2.05) is 0 Å². The maximum Gasteiger partial charge on any atom is 0.416 e. The first-order chi connectivity index (χ1) is 13.5. The Balaban J connectivity index is 1.71. The third kappa shape index (κ3) is 4.96. The summed E-state index contributed by atoms with van der Waals surface area (Å²) in [6.07, 6.45) is -2.65. The molecule has 3 rings (SSSR count). The molecule has 1 aliphatic rings. The molecular formula is C19H19ClF3NO4S. The molecule has 29 heavy (non-hydrogen) atoms. The van der Waals surface area contributed by atoms with Crippen molar-refractivity contribution in [3.05, 3.63) is 52.5 Å². The highest BCUT2D eigenvalue weighted by Crippen LogP contribution is 2.39. The zero-order valence-electron chi connectivity index (χ0n) is 15.1. The predicted molar refractivity (Wildman–Crippen MR) is 102 cm³/mol. The molecule has 10 heteroatoms. The summed E-state index contributed by atoms with van der Waals surface area (Å²) in [5, 5.41) is 19.1. The second-order valence-corrected chi connectivity index (χ2v) is 9.15. The molecule has 0 heterocycles. The Morgan fingerprint density at radius 1 is 1.00 bits per heavy atom. The number of hydrogen-bond donors (Lipinski definition) is 3. The van der Waals surface area contributed by atoms with Gasteiger partial charge in [-0.25, -0.2) is 13.1 Å². The number of aromatic hydroxyl groups is 2. The Bertz CT molecular complexity index is 1000. The summed E-state index contributed by atoms with van der Waals surface area (Å²) in [6.45, 7) is 0. The van der Waals surface area contributed by atoms with Crippen LogP contribution in [-0.4, -0.2) is 24.7 Å². The lowest BCUT2D eigenvalue weighted by Crippen LogP contribution is -2.37. The topological polar surface area (TPSA) is 86.6 Å². The molecule has 1 aliphatic carbocycles. The third-order valence-electron chi connectivity index (χ3n) is 5.05. The maximum atomic E-state index is 12.9. The quantitative estimate of drug-likeness (QED) is 0.627. The van der Waals surface area contributed by atoms with Gasteiger partial charge in [0.15, 0.2) is 0 Å². The van der Waals surface area contributed by atoms with Gasteiger partial charge in [0, 0.05) is 12.1 Å². The Labute approximate surface area is 171 Å². The Hall–Kier alpha value is -1.97. The summed E-state index contributed by atoms with van der Waals surface area (Å²) in [5.41, 5.74) is -0.418. The largest absolute Gasteiger partial charge is 0.508 e. The van der Waals surface area contributed by atoms with Gasteiger partial charge >= 0.3 is 6.18 Å². The van der Waals surface area contributed by atoms with Crippen molar-refractivity contribution in [2.75, 3.05) is 0 Å². The van der Waals surface area contributed by atoms with Crippen LogP contribution < -0.4 is 4.72 Å². The SMILES string of the molecule is O=S(=O)(N[C@H]1CC[C@@H](c2ccc(O)cc2O)CC1)c1cc(C(F)(F)F)ccc1Cl. The highest BCUT2D eigenvalue weighted by Gasteiger charge is 2.34. The number of sulfonamides is 1. The molecular weight excluding hydrogens is 431 g/mol. The van der Waals surface area contributed by atoms with Crippen LogP contribution in [0, 0.1) is 0 Å². The van der Waals surface area contributed by atoms with E-state index in [9.17, 15) is 31.8 Å². The number of hydrogen-bond acceptors (Lipinski definition) is 4. The summed E-state index contributed by atoms with van der Waals surface area (Å²) in [6, 6.07) is 6.08. The van der Waals surface area contributed by atoms with Crippen LogP contribution in [0.25, 0.3) is 0 Å². The number of benzene rings is 2. The summed E-state index contributed by atoms with van der Waals surface area (Å²) < 4.78 is 66.4. The van der Waals surface area contributed by atoms with Gasteiger partial charge in [0.05, 0.1) is 10.6 Å². The second kappa shape index (κ2) is 8.04. The molecule has 0 unspecified atom stereocenters. The Kier molecular flexibility index (Phi) is 6.03. The van der Waals surface area contributed by atoms with Gasteiger partial charge in [0.1, 0.15) is 16.4 Å². The van der Waals surface area contributed by atoms with E-state index in [1.54, 1.807) is 6.07 Å². The van der Waals surface area contributed by atoms with Gasteiger partial charge < -0.3 is 10.2 Å². The van der Waals surface area contributed by atoms with Gasteiger partial charge in [-0.3, -0.25) is 0 Å². The van der Waals surface area contributed by atoms with Crippen molar-refractivity contribution in [3.8, 4) is 11.5 Å². The molecule has 1 fully saturated rings. The summed E-state index contributed by atoms with van der Waals surface area (Å²) in [5.74, 6) is -0.0797. The van der Waals surface area contributed by atoms with Crippen LogP contribution in [0.3, 0.4) is 0 Å². The molecule has 0 atom stereocenters. The average Bonchev–Trinajstić information content (AvgIpc) is 2.61. The monoisotopic (exact) mass is 449 g/mol. The molecule has 2 aromatic carbocycles. The maximum absolute atomic E-state index is 12.9. The summed E-state index contributed by atoms with van der Waals surface area (Å²) in [4.78, 5) is -0.604. The van der Waals surface area contributed by atoms with E-state index >= 15 is 0 Å². The van der Waals surface area contributed by atoms with Crippen molar-refractivity contribution >= 4 is 21.6 Å². The molecule has 2 aromatic rings. The van der Waals surface area contributed by atoms with E-state index in [2.05, 4.69) is 4.72 Å². The molecule has 3 N–H and O–H groups in total. The average molecular weight is 450 g/mol. The van der Waals surface area contributed by atoms with Crippen LogP contribution in [0.4, 0.5) is 13.2 Å². The normalized spacial score (nSPS) is 20.6. The van der Waals surface area contributed by atoms with E-state index in [-0.39, 0.29) is 22.4 Å². The van der Waals surface area contributed by atoms with Gasteiger partial charge in [0.2, 0.25) is 10.0 Å². The first-order valence-corrected chi connectivity index (χ1v) is 10.7. The number of rotatable bonds is 4. The van der Waals surface area contributed by atoms with Crippen LogP contribution in [0.5, 0.6) is 11.5 Å². The molecule has 1 saturated carbocycles. The Morgan fingerprint density at radius 2 is 1.66 bits per heavy atom. The van der Waals surface area contributed by atoms with Crippen LogP contribution in [0.15, 0.2) is 41.3 Å². The van der Waals surface area contributed by atoms with E-state index in [0.29, 0.717) is 37.3 Å². The smallest absolute Gasteiger partial charge is 0.416 e. The first-order valence-electron chi connectivity index (χ1n) is 8.88. The van der Waals surface area contributed by atoms with Crippen LogP contribution in [0.1, 0.15) is 42.7 Å². The van der Waals surface area contributed by atoms with Gasteiger partial charge in [-0.1, -0.05) is 17.7 Å². The summed E-state index contributed by atoms with van der Waals surface area (Å²) >= 11 is 5.85. The lowest BCUT2D eigenvalue weighted by Gasteiger charge is -2.29. The van der Waals surface area contributed by atoms with Gasteiger partial charge in [-0.05, 0) is 61.4 Å². The van der Waals surface area contributed by atoms with Crippen LogP contribution in [0.2, 0.25) is 5.02 Å². The molecule has 5 nitrogen and oxygen atoms in total. The molecule has 0 saturated heterocycles. The molecule has 0 aromatic heterocycles. The molecule has 0 spiro atoms. The van der Waals surface area contributed by atoms with Crippen molar-refractivity contribution in [2.24, 2.45) is 0 Å². The van der Waals surface area contributed by atoms with Gasteiger partial charge in [0.25, 0.3) is 0 Å². The number of halogens is 4. The minimum absolute atomic E-state index is 0.00602. The lowest BCUT2D eigenvalue weighted by molar-refractivity contribution is -0.137. The van der Waals surface area contributed by atoms with Crippen LogP contribution in [-0.2, 0) is 16.2 Å². The molecule has 158 valence electrons. The van der Waals surface area contributed by atoms with Gasteiger partial charge in [-0.15, -0.1) is 0 Å². The standard InChI is InChI=1S/C19H19ClF3NO4S/c20-16-8-3-12(19(21,22)23)9-18(16)29(27,28)24-13-4-1-11(2-5-13)15-7-6-14(25)10-17(15)26/h3,6-11,13,24-26H,1-2,4-5H2/t11-,13+. The third-order valence-corrected chi connectivity index (χ3v) is 7.05. The van der Waals surface area contributed by atoms with E-state index in [1.165, 1.54) is 12.1 Å². The summed E-state index contributed by atoms with van der Waals surface area (Å²) in [7, 11) is -4.23. The Morgan fingerprint density at radius 3 is 2.24 bits per heavy atom. The van der Waals surface area contributed by atoms with Crippen molar-refractivity contribution in [2.45, 2.75) is 48.7 Å². The fraction of sp³-hybridized carbons (Fsp3) is 0.368. The van der Waals surface area contributed by atoms with Crippen molar-refractivity contribution in [1.29, 1.82) is 0 Å². The fourth-order valence-electron chi connectivity index (χ4n) is 3.57. The predicted octanol–water partition coefficient (Wildman–Crippen LogP) is 4.77. The number of nitrogens with one attached hydrogen (secondary N) is 1.